The van der Waals surface area contributed by atoms with Crippen LogP contribution in [0.4, 0.5) is 0 Å². The van der Waals surface area contributed by atoms with Crippen molar-refractivity contribution in [3.63, 3.8) is 0 Å². The zero-order valence-corrected chi connectivity index (χ0v) is 26.7. The van der Waals surface area contributed by atoms with Crippen LogP contribution >= 0.6 is 0 Å². The van der Waals surface area contributed by atoms with E-state index in [9.17, 15) is 0 Å². The number of imidazole rings is 1. The Morgan fingerprint density at radius 3 is 1.89 bits per heavy atom. The third-order valence-electron chi connectivity index (χ3n) is 8.74. The molecule has 0 aliphatic carbocycles. The second-order valence-corrected chi connectivity index (χ2v) is 12.0. The number of nitrogens with one attached hydrogen (secondary N) is 1. The number of aromatic nitrogens is 8. The summed E-state index contributed by atoms with van der Waals surface area (Å²) in [6, 6.07) is 38.2. The van der Waals surface area contributed by atoms with E-state index in [4.69, 9.17) is 15.2 Å². The van der Waals surface area contributed by atoms with Crippen molar-refractivity contribution in [2.24, 2.45) is 0 Å². The summed E-state index contributed by atoms with van der Waals surface area (Å²) in [6.45, 7) is 2.95. The Labute approximate surface area is 275 Å². The van der Waals surface area contributed by atoms with E-state index in [1.165, 1.54) is 16.7 Å². The van der Waals surface area contributed by atoms with E-state index in [0.717, 1.165) is 89.9 Å². The maximum Gasteiger partial charge on any atom is 0.205 e. The van der Waals surface area contributed by atoms with Gasteiger partial charge in [0.25, 0.3) is 0 Å². The lowest BCUT2D eigenvalue weighted by Gasteiger charge is -2.13. The van der Waals surface area contributed by atoms with Crippen LogP contribution in [-0.2, 0) is 38.6 Å². The summed E-state index contributed by atoms with van der Waals surface area (Å²) in [5.41, 5.74) is 11.0. The van der Waals surface area contributed by atoms with Crippen LogP contribution in [0.3, 0.4) is 0 Å². The molecule has 3 aromatic heterocycles. The lowest BCUT2D eigenvalue weighted by molar-refractivity contribution is 0.686. The average Bonchev–Trinajstić information content (AvgIpc) is 3.80. The second kappa shape index (κ2) is 14.3. The number of aromatic amines is 1. The Hall–Kier alpha value is -5.50. The van der Waals surface area contributed by atoms with Gasteiger partial charge in [-0.2, -0.15) is 15.4 Å². The summed E-state index contributed by atoms with van der Waals surface area (Å²) in [5, 5.41) is 24.5. The van der Waals surface area contributed by atoms with Crippen LogP contribution in [0.15, 0.2) is 109 Å². The molecule has 8 heteroatoms. The zero-order valence-electron chi connectivity index (χ0n) is 26.7. The van der Waals surface area contributed by atoms with Gasteiger partial charge < -0.3 is 4.57 Å². The van der Waals surface area contributed by atoms with Crippen LogP contribution in [0.2, 0.25) is 0 Å². The van der Waals surface area contributed by atoms with E-state index in [1.807, 2.05) is 18.2 Å². The number of unbranched alkanes of at least 4 members (excludes halogenated alkanes) is 1. The van der Waals surface area contributed by atoms with Gasteiger partial charge in [0, 0.05) is 18.5 Å². The first-order valence-corrected chi connectivity index (χ1v) is 16.5. The second-order valence-electron chi connectivity index (χ2n) is 12.0. The van der Waals surface area contributed by atoms with E-state index in [0.29, 0.717) is 12.4 Å². The number of nitrogens with zero attached hydrogens (tertiary/aromatic N) is 7. The molecule has 0 spiro atoms. The molecular formula is C39H38N8. The van der Waals surface area contributed by atoms with E-state index in [1.54, 1.807) is 0 Å². The Morgan fingerprint density at radius 2 is 1.23 bits per heavy atom. The van der Waals surface area contributed by atoms with Gasteiger partial charge in [0.15, 0.2) is 0 Å². The molecular weight excluding hydrogens is 580 g/mol. The van der Waals surface area contributed by atoms with Gasteiger partial charge in [0.05, 0.1) is 16.9 Å². The van der Waals surface area contributed by atoms with E-state index < -0.39 is 0 Å². The fourth-order valence-electron chi connectivity index (χ4n) is 6.23. The molecule has 0 bridgehead atoms. The standard InChI is InChI=1S/C39H38N8/c1-2-3-18-36-40-37-34(25-21-28-12-6-4-7-13-28)41-42-35(26-22-29-14-8-5-9-15-29)38(37)47(36)27-30-19-23-31(24-20-30)32-16-10-11-17-33(32)39-43-45-46-44-39/h4-17,19-20,23-24H,2-3,18,21-22,25-27H2,1H3,(H,43,44,45,46). The predicted octanol–water partition coefficient (Wildman–Crippen LogP) is 7.63. The topological polar surface area (TPSA) is 98.1 Å². The molecule has 0 radical (unpaired) electrons. The molecule has 0 aliphatic rings. The lowest BCUT2D eigenvalue weighted by atomic mass is 9.98. The number of rotatable bonds is 13. The molecule has 7 aromatic rings. The molecule has 0 fully saturated rings. The van der Waals surface area contributed by atoms with Crippen molar-refractivity contribution >= 4 is 11.0 Å². The van der Waals surface area contributed by atoms with Crippen molar-refractivity contribution in [1.82, 2.24) is 40.4 Å². The molecule has 0 saturated carbocycles. The molecule has 1 N–H and O–H groups in total. The highest BCUT2D eigenvalue weighted by atomic mass is 15.5. The third-order valence-corrected chi connectivity index (χ3v) is 8.74. The first kappa shape index (κ1) is 30.2. The molecule has 4 aromatic carbocycles. The highest BCUT2D eigenvalue weighted by Gasteiger charge is 2.20. The number of benzene rings is 4. The van der Waals surface area contributed by atoms with Gasteiger partial charge in [-0.25, -0.2) is 4.98 Å². The average molecular weight is 619 g/mol. The van der Waals surface area contributed by atoms with Crippen LogP contribution < -0.4 is 0 Å². The number of hydrogen-bond acceptors (Lipinski definition) is 6. The summed E-state index contributed by atoms with van der Waals surface area (Å²) < 4.78 is 2.41. The van der Waals surface area contributed by atoms with Crippen LogP contribution in [0.25, 0.3) is 33.5 Å². The van der Waals surface area contributed by atoms with Gasteiger partial charge >= 0.3 is 0 Å². The van der Waals surface area contributed by atoms with Crippen molar-refractivity contribution in [1.29, 1.82) is 0 Å². The van der Waals surface area contributed by atoms with E-state index in [2.05, 4.69) is 123 Å². The number of fused-ring (bicyclic) bond motifs is 1. The predicted molar refractivity (Wildman–Crippen MR) is 186 cm³/mol. The fourth-order valence-corrected chi connectivity index (χ4v) is 6.23. The van der Waals surface area contributed by atoms with Crippen molar-refractivity contribution in [2.45, 2.75) is 58.4 Å². The number of hydrogen-bond donors (Lipinski definition) is 1. The Kier molecular flexibility index (Phi) is 9.17. The van der Waals surface area contributed by atoms with Gasteiger partial charge in [-0.3, -0.25) is 0 Å². The molecule has 0 atom stereocenters. The molecule has 0 unspecified atom stereocenters. The SMILES string of the molecule is CCCCc1nc2c(CCc3ccccc3)nnc(CCc3ccccc3)c2n1Cc1ccc(-c2ccccc2-c2nn[nH]n2)cc1. The summed E-state index contributed by atoms with van der Waals surface area (Å²) >= 11 is 0. The Balaban J connectivity index is 1.26. The highest BCUT2D eigenvalue weighted by molar-refractivity contribution is 5.81. The molecule has 0 amide bonds. The maximum absolute atomic E-state index is 5.32. The Bertz CT molecular complexity index is 2030. The highest BCUT2D eigenvalue weighted by Crippen LogP contribution is 2.31. The quantitative estimate of drug-likeness (QED) is 0.143. The van der Waals surface area contributed by atoms with Crippen LogP contribution in [0.5, 0.6) is 0 Å². The van der Waals surface area contributed by atoms with Gasteiger partial charge in [-0.05, 0) is 65.1 Å². The zero-order chi connectivity index (χ0) is 31.8. The van der Waals surface area contributed by atoms with Crippen molar-refractivity contribution in [3.05, 3.63) is 143 Å². The molecule has 7 rings (SSSR count). The molecule has 3 heterocycles. The monoisotopic (exact) mass is 618 g/mol. The first-order chi connectivity index (χ1) is 23.3. The van der Waals surface area contributed by atoms with Crippen LogP contribution in [0, 0.1) is 0 Å². The first-order valence-electron chi connectivity index (χ1n) is 16.5. The molecule has 0 saturated heterocycles. The number of H-pyrrole nitrogens is 1. The third kappa shape index (κ3) is 6.87. The normalized spacial score (nSPS) is 11.3. The summed E-state index contributed by atoms with van der Waals surface area (Å²) in [5.74, 6) is 1.69. The lowest BCUT2D eigenvalue weighted by Crippen LogP contribution is -2.09. The number of tetrazole rings is 1. The van der Waals surface area contributed by atoms with E-state index in [-0.39, 0.29) is 0 Å². The molecule has 47 heavy (non-hydrogen) atoms. The maximum atomic E-state index is 5.32. The summed E-state index contributed by atoms with van der Waals surface area (Å²) in [6.07, 6.45) is 6.50. The largest absolute Gasteiger partial charge is 0.322 e. The fraction of sp³-hybridized carbons (Fsp3) is 0.231. The summed E-state index contributed by atoms with van der Waals surface area (Å²) in [4.78, 5) is 5.32. The van der Waals surface area contributed by atoms with Gasteiger partial charge in [-0.15, -0.1) is 10.2 Å². The van der Waals surface area contributed by atoms with Crippen LogP contribution in [-0.4, -0.2) is 40.4 Å². The molecule has 0 aliphatic heterocycles. The number of aryl methyl sites for hydroxylation is 5. The van der Waals surface area contributed by atoms with Gasteiger partial charge in [0.1, 0.15) is 11.3 Å². The molecule has 234 valence electrons. The summed E-state index contributed by atoms with van der Waals surface area (Å²) in [7, 11) is 0. The van der Waals surface area contributed by atoms with Gasteiger partial charge in [-0.1, -0.05) is 123 Å². The minimum absolute atomic E-state index is 0.585. The smallest absolute Gasteiger partial charge is 0.205 e. The van der Waals surface area contributed by atoms with Crippen molar-refractivity contribution in [2.75, 3.05) is 0 Å². The Morgan fingerprint density at radius 1 is 0.596 bits per heavy atom. The van der Waals surface area contributed by atoms with Gasteiger partial charge in [0.2, 0.25) is 5.82 Å². The van der Waals surface area contributed by atoms with E-state index >= 15 is 0 Å². The minimum atomic E-state index is 0.585. The minimum Gasteiger partial charge on any atom is -0.322 e. The molecule has 8 nitrogen and oxygen atoms in total. The van der Waals surface area contributed by atoms with Crippen molar-refractivity contribution < 1.29 is 0 Å². The van der Waals surface area contributed by atoms with Crippen molar-refractivity contribution in [3.8, 4) is 22.5 Å². The van der Waals surface area contributed by atoms with Crippen LogP contribution in [0.1, 0.15) is 53.7 Å².